The molecule has 4 rings (SSSR count). The Labute approximate surface area is 348 Å². The highest BCUT2D eigenvalue weighted by molar-refractivity contribution is 6.02. The van der Waals surface area contributed by atoms with E-state index in [4.69, 9.17) is 14.2 Å². The zero-order valence-corrected chi connectivity index (χ0v) is 35.4. The fourth-order valence-corrected chi connectivity index (χ4v) is 7.07. The summed E-state index contributed by atoms with van der Waals surface area (Å²) >= 11 is 0. The number of ether oxygens (including phenoxy) is 3. The van der Waals surface area contributed by atoms with Crippen molar-refractivity contribution in [2.45, 2.75) is 116 Å². The number of carbonyl (C=O) groups excluding carboxylic acids is 6. The first-order valence-electron chi connectivity index (χ1n) is 20.8. The van der Waals surface area contributed by atoms with Gasteiger partial charge in [0.15, 0.2) is 0 Å². The maximum absolute atomic E-state index is 14.4. The van der Waals surface area contributed by atoms with Crippen LogP contribution in [0.4, 0.5) is 9.59 Å². The van der Waals surface area contributed by atoms with Crippen LogP contribution in [0.25, 0.3) is 0 Å². The fraction of sp³-hybridized carbons (Fsp3) is 0.556. The monoisotopic (exact) mass is 817 g/mol. The zero-order chi connectivity index (χ0) is 43.0. The second-order valence-electron chi connectivity index (χ2n) is 16.8. The molecule has 1 saturated carbocycles. The van der Waals surface area contributed by atoms with Gasteiger partial charge in [0.1, 0.15) is 30.3 Å². The number of alkyl carbamates (subject to hydrolysis) is 2. The number of carbonyl (C=O) groups is 6. The van der Waals surface area contributed by atoms with Gasteiger partial charge >= 0.3 is 18.2 Å². The van der Waals surface area contributed by atoms with E-state index in [1.54, 1.807) is 25.7 Å². The average Bonchev–Trinajstić information content (AvgIpc) is 3.91. The summed E-state index contributed by atoms with van der Waals surface area (Å²) in [5.41, 5.74) is 1.14. The van der Waals surface area contributed by atoms with Gasteiger partial charge in [-0.3, -0.25) is 14.4 Å². The first-order valence-corrected chi connectivity index (χ1v) is 20.8. The molecule has 4 N–H and O–H groups in total. The van der Waals surface area contributed by atoms with E-state index in [0.29, 0.717) is 51.5 Å². The highest BCUT2D eigenvalue weighted by Crippen LogP contribution is 2.37. The molecule has 0 spiro atoms. The third-order valence-corrected chi connectivity index (χ3v) is 10.1. The van der Waals surface area contributed by atoms with Gasteiger partial charge in [0, 0.05) is 13.1 Å². The lowest BCUT2D eigenvalue weighted by Gasteiger charge is -2.30. The number of likely N-dealkylation sites (tertiary alicyclic amines) is 1. The summed E-state index contributed by atoms with van der Waals surface area (Å²) in [7, 11) is 1.22. The Morgan fingerprint density at radius 2 is 1.51 bits per heavy atom. The number of methoxy groups -OCH3 is 1. The van der Waals surface area contributed by atoms with Gasteiger partial charge in [-0.2, -0.15) is 0 Å². The molecular weight excluding hydrogens is 755 g/mol. The smallest absolute Gasteiger partial charge is 0.408 e. The first kappa shape index (κ1) is 46.3. The lowest BCUT2D eigenvalue weighted by Crippen LogP contribution is -2.54. The van der Waals surface area contributed by atoms with E-state index in [1.165, 1.54) is 7.11 Å². The predicted molar refractivity (Wildman–Crippen MR) is 222 cm³/mol. The molecule has 1 saturated heterocycles. The lowest BCUT2D eigenvalue weighted by atomic mass is 9.95. The van der Waals surface area contributed by atoms with Crippen LogP contribution < -0.4 is 21.3 Å². The van der Waals surface area contributed by atoms with Gasteiger partial charge in [0.2, 0.25) is 17.7 Å². The number of rotatable bonds is 20. The van der Waals surface area contributed by atoms with Crippen LogP contribution in [0.1, 0.15) is 90.7 Å². The van der Waals surface area contributed by atoms with E-state index in [0.717, 1.165) is 11.1 Å². The lowest BCUT2D eigenvalue weighted by molar-refractivity contribution is -0.147. The van der Waals surface area contributed by atoms with Gasteiger partial charge < -0.3 is 40.4 Å². The molecule has 5 amide bonds. The fourth-order valence-electron chi connectivity index (χ4n) is 7.07. The standard InChI is InChI=1S/C45H63N5O9/c1-30(2)27-35(47-44(56)59-45(3,4)5)24-23-34(28-31-15-9-7-10-16-31)41(53)50-26-14-20-37(50)49-40(52)38(33-21-22-33)39(51)48-36(42(54)57-6)19-13-25-46-43(55)58-29-32-17-11-8-12-18-32/h7-12,15-18,23-24,30,33-38H,13-14,19-22,25-29H2,1-6H3,(H,46,55)(H,47,56)(H,48,51)(H,49,52)/b24-23+/t34-,35+,36-,37-,38-/m0/s1. The molecule has 14 nitrogen and oxygen atoms in total. The number of benzene rings is 2. The molecule has 2 aromatic carbocycles. The van der Waals surface area contributed by atoms with Crippen LogP contribution in [0.5, 0.6) is 0 Å². The molecule has 0 aromatic heterocycles. The van der Waals surface area contributed by atoms with Crippen LogP contribution in [-0.2, 0) is 46.4 Å². The van der Waals surface area contributed by atoms with Crippen molar-refractivity contribution >= 4 is 35.9 Å². The normalized spacial score (nSPS) is 17.3. The molecule has 322 valence electrons. The summed E-state index contributed by atoms with van der Waals surface area (Å²) in [5.74, 6) is -3.57. The highest BCUT2D eigenvalue weighted by atomic mass is 16.6. The SMILES string of the molecule is COC(=O)[C@H](CCCNC(=O)OCc1ccccc1)NC(=O)[C@@H](C(=O)N[C@@H]1CCCN1C(=O)[C@@H](/C=C/[C@H](CC(C)C)NC(=O)OC(C)(C)C)Cc1ccccc1)C1CC1. The highest BCUT2D eigenvalue weighted by Gasteiger charge is 2.44. The summed E-state index contributed by atoms with van der Waals surface area (Å²) < 4.78 is 15.7. The summed E-state index contributed by atoms with van der Waals surface area (Å²) in [6.45, 7) is 10.2. The van der Waals surface area contributed by atoms with Gasteiger partial charge in [-0.05, 0) is 95.1 Å². The Kier molecular flexibility index (Phi) is 17.8. The van der Waals surface area contributed by atoms with Crippen molar-refractivity contribution in [3.8, 4) is 0 Å². The number of amides is 5. The number of nitrogens with zero attached hydrogens (tertiary/aromatic N) is 1. The third kappa shape index (κ3) is 16.1. The van der Waals surface area contributed by atoms with Gasteiger partial charge in [0.05, 0.1) is 19.1 Å². The van der Waals surface area contributed by atoms with Crippen LogP contribution >= 0.6 is 0 Å². The van der Waals surface area contributed by atoms with Gasteiger partial charge in [0.25, 0.3) is 0 Å². The molecule has 1 heterocycles. The van der Waals surface area contributed by atoms with Crippen molar-refractivity contribution in [2.24, 2.45) is 23.7 Å². The molecule has 1 aliphatic carbocycles. The van der Waals surface area contributed by atoms with Crippen LogP contribution in [0.2, 0.25) is 0 Å². The Hall–Kier alpha value is -5.40. The number of hydrogen-bond acceptors (Lipinski definition) is 9. The van der Waals surface area contributed by atoms with Crippen molar-refractivity contribution in [3.05, 3.63) is 83.9 Å². The van der Waals surface area contributed by atoms with Crippen LogP contribution in [0, 0.1) is 23.7 Å². The molecule has 59 heavy (non-hydrogen) atoms. The number of esters is 1. The second kappa shape index (κ2) is 22.7. The molecule has 0 radical (unpaired) electrons. The van der Waals surface area contributed by atoms with Gasteiger partial charge in [-0.15, -0.1) is 0 Å². The Bertz CT molecular complexity index is 1730. The minimum atomic E-state index is -1.07. The van der Waals surface area contributed by atoms with Crippen molar-refractivity contribution in [1.82, 2.24) is 26.2 Å². The quantitative estimate of drug-likeness (QED) is 0.0423. The van der Waals surface area contributed by atoms with Gasteiger partial charge in [-0.25, -0.2) is 14.4 Å². The summed E-state index contributed by atoms with van der Waals surface area (Å²) in [6, 6.07) is 17.5. The van der Waals surface area contributed by atoms with Crippen molar-refractivity contribution < 1.29 is 43.0 Å². The predicted octanol–water partition coefficient (Wildman–Crippen LogP) is 5.80. The molecule has 0 unspecified atom stereocenters. The molecule has 2 aliphatic rings. The van der Waals surface area contributed by atoms with Crippen LogP contribution in [-0.4, -0.2) is 84.8 Å². The van der Waals surface area contributed by atoms with Crippen LogP contribution in [0.3, 0.4) is 0 Å². The maximum Gasteiger partial charge on any atom is 0.408 e. The average molecular weight is 818 g/mol. The number of hydrogen-bond donors (Lipinski definition) is 4. The minimum Gasteiger partial charge on any atom is -0.467 e. The van der Waals surface area contributed by atoms with E-state index in [-0.39, 0.29) is 43.4 Å². The summed E-state index contributed by atoms with van der Waals surface area (Å²) in [6.07, 6.45) is 5.96. The second-order valence-corrected chi connectivity index (χ2v) is 16.8. The Balaban J connectivity index is 1.40. The van der Waals surface area contributed by atoms with E-state index in [1.807, 2.05) is 72.8 Å². The molecule has 2 fully saturated rings. The number of nitrogens with one attached hydrogen (secondary N) is 4. The van der Waals surface area contributed by atoms with E-state index >= 15 is 0 Å². The first-order chi connectivity index (χ1) is 28.1. The maximum atomic E-state index is 14.4. The molecule has 0 bridgehead atoms. The largest absolute Gasteiger partial charge is 0.467 e. The van der Waals surface area contributed by atoms with Crippen molar-refractivity contribution in [1.29, 1.82) is 0 Å². The Morgan fingerprint density at radius 1 is 0.847 bits per heavy atom. The van der Waals surface area contributed by atoms with E-state index < -0.39 is 59.6 Å². The molecule has 1 aliphatic heterocycles. The van der Waals surface area contributed by atoms with Gasteiger partial charge in [-0.1, -0.05) is 86.7 Å². The molecule has 2 aromatic rings. The Morgan fingerprint density at radius 3 is 2.12 bits per heavy atom. The third-order valence-electron chi connectivity index (χ3n) is 10.1. The topological polar surface area (TPSA) is 181 Å². The van der Waals surface area contributed by atoms with Crippen molar-refractivity contribution in [3.63, 3.8) is 0 Å². The molecular formula is C45H63N5O9. The molecule has 14 heteroatoms. The van der Waals surface area contributed by atoms with Crippen LogP contribution in [0.15, 0.2) is 72.8 Å². The summed E-state index contributed by atoms with van der Waals surface area (Å²) in [5, 5.41) is 11.3. The summed E-state index contributed by atoms with van der Waals surface area (Å²) in [4.78, 5) is 81.4. The van der Waals surface area contributed by atoms with E-state index in [9.17, 15) is 28.8 Å². The van der Waals surface area contributed by atoms with E-state index in [2.05, 4.69) is 35.1 Å². The minimum absolute atomic E-state index is 0.115. The molecule has 5 atom stereocenters. The van der Waals surface area contributed by atoms with Crippen molar-refractivity contribution in [2.75, 3.05) is 20.2 Å². The zero-order valence-electron chi connectivity index (χ0n) is 35.4.